The number of hydrogen-bond donors (Lipinski definition) is 0. The molecule has 0 radical (unpaired) electrons. The van der Waals surface area contributed by atoms with Crippen LogP contribution in [0.2, 0.25) is 0 Å². The van der Waals surface area contributed by atoms with E-state index < -0.39 is 24.3 Å². The highest BCUT2D eigenvalue weighted by molar-refractivity contribution is 5.70. The van der Waals surface area contributed by atoms with Crippen molar-refractivity contribution in [2.24, 2.45) is 0 Å². The number of carboxylic acid groups (broad SMARTS) is 1. The smallest absolute Gasteiger partial charge is 0.306 e. The molecule has 0 saturated carbocycles. The Morgan fingerprint density at radius 1 is 0.397 bits per heavy atom. The van der Waals surface area contributed by atoms with E-state index >= 15 is 0 Å². The van der Waals surface area contributed by atoms with Crippen LogP contribution in [-0.2, 0) is 33.3 Å². The monoisotopic (exact) mass is 1090 g/mol. The van der Waals surface area contributed by atoms with Gasteiger partial charge < -0.3 is 33.3 Å². The zero-order valence-corrected chi connectivity index (χ0v) is 51.5. The molecule has 0 aliphatic heterocycles. The Bertz CT molecular complexity index is 1510. The minimum absolute atomic E-state index is 0.147. The number of quaternary nitrogens is 1. The Hall–Kier alpha value is -3.27. The summed E-state index contributed by atoms with van der Waals surface area (Å²) in [5.41, 5.74) is 0. The second-order valence-electron chi connectivity index (χ2n) is 23.0. The number of hydrogen-bond acceptors (Lipinski definition) is 8. The van der Waals surface area contributed by atoms with E-state index in [-0.39, 0.29) is 38.6 Å². The average Bonchev–Trinajstić information content (AvgIpc) is 3.41. The van der Waals surface area contributed by atoms with Gasteiger partial charge >= 0.3 is 11.9 Å². The van der Waals surface area contributed by atoms with Gasteiger partial charge in [-0.1, -0.05) is 267 Å². The fraction of sp³-hybridized carbons (Fsp3) is 0.783. The summed E-state index contributed by atoms with van der Waals surface area (Å²) in [6.45, 7) is 4.65. The fourth-order valence-electron chi connectivity index (χ4n) is 9.21. The van der Waals surface area contributed by atoms with Crippen molar-refractivity contribution in [3.8, 4) is 0 Å². The lowest BCUT2D eigenvalue weighted by atomic mass is 10.0. The molecule has 0 saturated heterocycles. The maximum absolute atomic E-state index is 12.9. The summed E-state index contributed by atoms with van der Waals surface area (Å²) in [6.07, 6.45) is 75.5. The number of carboxylic acids is 1. The van der Waals surface area contributed by atoms with E-state index in [1.807, 2.05) is 21.1 Å². The molecule has 0 heterocycles. The molecule has 2 unspecified atom stereocenters. The van der Waals surface area contributed by atoms with E-state index in [4.69, 9.17) is 18.9 Å². The zero-order chi connectivity index (χ0) is 56.9. The molecule has 0 aromatic heterocycles. The maximum atomic E-state index is 12.9. The number of ether oxygens (including phenoxy) is 4. The predicted octanol–water partition coefficient (Wildman–Crippen LogP) is 18.4. The molecular weight excluding hydrogens is 971 g/mol. The summed E-state index contributed by atoms with van der Waals surface area (Å²) < 4.78 is 22.7. The molecule has 0 aliphatic rings. The molecule has 9 nitrogen and oxygen atoms in total. The van der Waals surface area contributed by atoms with Crippen molar-refractivity contribution in [1.29, 1.82) is 0 Å². The predicted molar refractivity (Wildman–Crippen MR) is 329 cm³/mol. The molecule has 9 heteroatoms. The van der Waals surface area contributed by atoms with Gasteiger partial charge in [0.1, 0.15) is 13.2 Å². The van der Waals surface area contributed by atoms with Gasteiger partial charge in [0.2, 0.25) is 0 Å². The van der Waals surface area contributed by atoms with Crippen LogP contribution in [-0.4, -0.2) is 82.3 Å². The SMILES string of the molecule is CC/C=C\C/C=C\C/C=C\C/C=C\C/C=C\CCCCCCCCCCCCCCCCCCCCCCCC(=O)OC(COC(=O)CCCCCCC/C=C\CCCCCCCCC)COC(OCC[N+](C)(C)C)C(=O)[O-]. The number of likely N-dealkylation sites (N-methyl/N-ethyl adjacent to an activating group) is 1. The Balaban J connectivity index is 4.03. The average molecular weight is 1090 g/mol. The van der Waals surface area contributed by atoms with E-state index in [1.165, 1.54) is 173 Å². The van der Waals surface area contributed by atoms with E-state index in [9.17, 15) is 19.5 Å². The van der Waals surface area contributed by atoms with Crippen LogP contribution >= 0.6 is 0 Å². The number of carbonyl (C=O) groups is 3. The van der Waals surface area contributed by atoms with Gasteiger partial charge in [-0.15, -0.1) is 0 Å². The summed E-state index contributed by atoms with van der Waals surface area (Å²) in [7, 11) is 5.93. The van der Waals surface area contributed by atoms with E-state index in [0.29, 0.717) is 17.4 Å². The molecule has 0 aromatic rings. The third kappa shape index (κ3) is 60.4. The minimum atomic E-state index is -1.62. The Labute approximate surface area is 481 Å². The minimum Gasteiger partial charge on any atom is -0.545 e. The van der Waals surface area contributed by atoms with Gasteiger partial charge in [0, 0.05) is 12.8 Å². The lowest BCUT2D eigenvalue weighted by Crippen LogP contribution is -2.44. The first-order valence-corrected chi connectivity index (χ1v) is 32.6. The first kappa shape index (κ1) is 74.7. The maximum Gasteiger partial charge on any atom is 0.306 e. The number of rotatable bonds is 60. The number of esters is 2. The van der Waals surface area contributed by atoms with Gasteiger partial charge in [0.25, 0.3) is 0 Å². The summed E-state index contributed by atoms with van der Waals surface area (Å²) in [5.74, 6) is -2.28. The Morgan fingerprint density at radius 2 is 0.731 bits per heavy atom. The first-order chi connectivity index (χ1) is 38.1. The quantitative estimate of drug-likeness (QED) is 0.0195. The third-order valence-corrected chi connectivity index (χ3v) is 14.2. The molecule has 2 atom stereocenters. The number of allylic oxidation sites excluding steroid dienone is 12. The van der Waals surface area contributed by atoms with Crippen molar-refractivity contribution in [2.45, 2.75) is 302 Å². The van der Waals surface area contributed by atoms with Crippen molar-refractivity contribution in [3.05, 3.63) is 72.9 Å². The van der Waals surface area contributed by atoms with Crippen molar-refractivity contribution < 1.29 is 42.9 Å². The molecular formula is C69H123NO8. The van der Waals surface area contributed by atoms with Gasteiger partial charge in [0.05, 0.1) is 40.3 Å². The van der Waals surface area contributed by atoms with Crippen LogP contribution in [0.25, 0.3) is 0 Å². The summed E-state index contributed by atoms with van der Waals surface area (Å²) >= 11 is 0. The van der Waals surface area contributed by atoms with Crippen molar-refractivity contribution in [3.63, 3.8) is 0 Å². The van der Waals surface area contributed by atoms with Crippen molar-refractivity contribution in [1.82, 2.24) is 0 Å². The lowest BCUT2D eigenvalue weighted by molar-refractivity contribution is -0.870. The zero-order valence-electron chi connectivity index (χ0n) is 51.5. The van der Waals surface area contributed by atoms with Crippen molar-refractivity contribution >= 4 is 17.9 Å². The van der Waals surface area contributed by atoms with Crippen LogP contribution in [0.1, 0.15) is 290 Å². The highest BCUT2D eigenvalue weighted by Gasteiger charge is 2.22. The summed E-state index contributed by atoms with van der Waals surface area (Å²) in [5, 5.41) is 11.8. The van der Waals surface area contributed by atoms with Crippen LogP contribution in [0, 0.1) is 0 Å². The highest BCUT2D eigenvalue weighted by Crippen LogP contribution is 2.17. The third-order valence-electron chi connectivity index (χ3n) is 14.2. The van der Waals surface area contributed by atoms with Crippen LogP contribution in [0.15, 0.2) is 72.9 Å². The lowest BCUT2D eigenvalue weighted by Gasteiger charge is -2.26. The Kier molecular flexibility index (Phi) is 57.3. The number of carbonyl (C=O) groups excluding carboxylic acids is 3. The fourth-order valence-corrected chi connectivity index (χ4v) is 9.21. The normalized spacial score (nSPS) is 13.2. The molecule has 452 valence electrons. The van der Waals surface area contributed by atoms with Crippen LogP contribution < -0.4 is 5.11 Å². The highest BCUT2D eigenvalue weighted by atomic mass is 16.7. The molecule has 0 aromatic carbocycles. The van der Waals surface area contributed by atoms with Gasteiger partial charge in [-0.3, -0.25) is 9.59 Å². The van der Waals surface area contributed by atoms with E-state index in [1.54, 1.807) is 0 Å². The van der Waals surface area contributed by atoms with Crippen LogP contribution in [0.5, 0.6) is 0 Å². The molecule has 0 amide bonds. The van der Waals surface area contributed by atoms with Gasteiger partial charge in [-0.05, 0) is 83.5 Å². The van der Waals surface area contributed by atoms with Gasteiger partial charge in [0.15, 0.2) is 12.4 Å². The van der Waals surface area contributed by atoms with Gasteiger partial charge in [-0.2, -0.15) is 0 Å². The molecule has 0 fully saturated rings. The molecule has 0 N–H and O–H groups in total. The van der Waals surface area contributed by atoms with Crippen LogP contribution in [0.4, 0.5) is 0 Å². The van der Waals surface area contributed by atoms with E-state index in [2.05, 4.69) is 86.8 Å². The molecule has 0 rings (SSSR count). The molecule has 78 heavy (non-hydrogen) atoms. The second-order valence-corrected chi connectivity index (χ2v) is 23.0. The molecule has 0 spiro atoms. The standard InChI is InChI=1S/C69H123NO8/c1-6-8-10-12-14-16-18-20-22-24-25-26-27-28-29-30-31-32-33-34-35-36-37-38-39-40-41-42-43-44-46-48-50-52-54-56-58-60-67(72)78-65(64-77-69(68(73)74)75-62-61-70(3,4)5)63-76-66(71)59-57-55-53-51-49-47-45-23-21-19-17-15-13-11-9-7-2/h8,10,14,16,20,22-23,25-26,28-29,45,65,69H,6-7,9,11-13,15,17-19,21,24,27,30-44,46-64H2,1-5H3/b10-8-,16-14-,22-20-,26-25-,29-28-,45-23-. The van der Waals surface area contributed by atoms with Gasteiger partial charge in [-0.25, -0.2) is 0 Å². The second kappa shape index (κ2) is 59.8. The van der Waals surface area contributed by atoms with Crippen LogP contribution in [0.3, 0.4) is 0 Å². The molecule has 0 aliphatic carbocycles. The molecule has 0 bridgehead atoms. The first-order valence-electron chi connectivity index (χ1n) is 32.6. The summed E-state index contributed by atoms with van der Waals surface area (Å²) in [4.78, 5) is 37.3. The van der Waals surface area contributed by atoms with E-state index in [0.717, 1.165) is 83.5 Å². The Morgan fingerprint density at radius 3 is 1.10 bits per heavy atom. The number of unbranched alkanes of at least 4 members (excludes halogenated alkanes) is 33. The van der Waals surface area contributed by atoms with Crippen molar-refractivity contribution in [2.75, 3.05) is 47.5 Å². The number of aliphatic carboxylic acids is 1. The topological polar surface area (TPSA) is 111 Å². The number of nitrogens with zero attached hydrogens (tertiary/aromatic N) is 1. The largest absolute Gasteiger partial charge is 0.545 e. The summed E-state index contributed by atoms with van der Waals surface area (Å²) in [6, 6.07) is 0.